The summed E-state index contributed by atoms with van der Waals surface area (Å²) in [6.45, 7) is 0.716. The van der Waals surface area contributed by atoms with Crippen LogP contribution in [0, 0.1) is 4.91 Å². The van der Waals surface area contributed by atoms with Crippen LogP contribution in [0.5, 0.6) is 0 Å². The van der Waals surface area contributed by atoms with Gasteiger partial charge in [0.25, 0.3) is 0 Å². The van der Waals surface area contributed by atoms with E-state index in [0.717, 1.165) is 11.0 Å². The number of hydrogen-bond acceptors (Lipinski definition) is 4. The summed E-state index contributed by atoms with van der Waals surface area (Å²) in [4.78, 5) is 10.1. The van der Waals surface area contributed by atoms with Crippen LogP contribution in [0.2, 0.25) is 0 Å². The molecule has 0 saturated heterocycles. The molecule has 0 heterocycles. The summed E-state index contributed by atoms with van der Waals surface area (Å²) in [5.41, 5.74) is 1.28. The van der Waals surface area contributed by atoms with Gasteiger partial charge in [-0.05, 0) is 29.4 Å². The van der Waals surface area contributed by atoms with Gasteiger partial charge in [0, 0.05) is 11.9 Å². The van der Waals surface area contributed by atoms with Crippen molar-refractivity contribution < 1.29 is 0 Å². The molecule has 13 heavy (non-hydrogen) atoms. The van der Waals surface area contributed by atoms with Crippen LogP contribution in [0.4, 0.5) is 11.4 Å². The van der Waals surface area contributed by atoms with E-state index in [2.05, 4.69) is 21.1 Å². The summed E-state index contributed by atoms with van der Waals surface area (Å²) in [5.74, 6) is 5.69. The highest BCUT2D eigenvalue weighted by molar-refractivity contribution is 9.09. The highest BCUT2D eigenvalue weighted by Gasteiger charge is 1.99. The summed E-state index contributed by atoms with van der Waals surface area (Å²) in [7, 11) is 0. The van der Waals surface area contributed by atoms with Gasteiger partial charge in [0.15, 0.2) is 0 Å². The van der Waals surface area contributed by atoms with Gasteiger partial charge in [-0.1, -0.05) is 15.9 Å². The zero-order valence-corrected chi connectivity index (χ0v) is 8.57. The first kappa shape index (κ1) is 10.1. The predicted molar refractivity (Wildman–Crippen MR) is 57.2 cm³/mol. The number of hydrazine groups is 1. The first-order valence-electron chi connectivity index (χ1n) is 3.79. The van der Waals surface area contributed by atoms with Crippen LogP contribution in [0.1, 0.15) is 0 Å². The average molecular weight is 244 g/mol. The van der Waals surface area contributed by atoms with E-state index in [4.69, 9.17) is 5.84 Å². The molecule has 1 aromatic carbocycles. The van der Waals surface area contributed by atoms with Gasteiger partial charge >= 0.3 is 0 Å². The lowest BCUT2D eigenvalue weighted by Crippen LogP contribution is -2.32. The molecule has 0 aliphatic carbocycles. The van der Waals surface area contributed by atoms with E-state index in [1.807, 2.05) is 0 Å². The van der Waals surface area contributed by atoms with Crippen molar-refractivity contribution >= 4 is 27.3 Å². The number of rotatable bonds is 4. The molecule has 1 aromatic rings. The Balaban J connectivity index is 2.73. The number of alkyl halides is 1. The number of halogens is 1. The highest BCUT2D eigenvalue weighted by Crippen LogP contribution is 2.17. The quantitative estimate of drug-likeness (QED) is 0.382. The molecule has 2 N–H and O–H groups in total. The van der Waals surface area contributed by atoms with E-state index in [-0.39, 0.29) is 0 Å². The summed E-state index contributed by atoms with van der Waals surface area (Å²) in [6.07, 6.45) is 0. The molecule has 5 heteroatoms. The summed E-state index contributed by atoms with van der Waals surface area (Å²) < 4.78 is 0. The molecule has 0 fully saturated rings. The third kappa shape index (κ3) is 2.78. The number of hydrogen-bond donors (Lipinski definition) is 1. The molecule has 0 amide bonds. The molecule has 0 aliphatic heterocycles. The third-order valence-corrected chi connectivity index (χ3v) is 1.97. The van der Waals surface area contributed by atoms with Crippen molar-refractivity contribution in [3.8, 4) is 0 Å². The van der Waals surface area contributed by atoms with Gasteiger partial charge in [-0.25, -0.2) is 5.84 Å². The normalized spacial score (nSPS) is 9.69. The molecule has 0 saturated carbocycles. The van der Waals surface area contributed by atoms with Crippen LogP contribution in [0.3, 0.4) is 0 Å². The average Bonchev–Trinajstić information content (AvgIpc) is 2.18. The molecule has 70 valence electrons. The summed E-state index contributed by atoms with van der Waals surface area (Å²) in [6, 6.07) is 6.80. The van der Waals surface area contributed by atoms with Gasteiger partial charge in [-0.3, -0.25) is 0 Å². The molecular formula is C8H10BrN3O. The molecule has 0 aromatic heterocycles. The van der Waals surface area contributed by atoms with Crippen LogP contribution in [0.15, 0.2) is 29.4 Å². The molecule has 0 atom stereocenters. The standard InChI is InChI=1S/C8H10BrN3O/c9-5-6-12(10)8-3-1-7(11-13)2-4-8/h1-4H,5-6,10H2. The number of nitroso groups, excluding NO2 is 1. The van der Waals surface area contributed by atoms with E-state index in [9.17, 15) is 4.91 Å². The maximum Gasteiger partial charge on any atom is 0.108 e. The van der Waals surface area contributed by atoms with Gasteiger partial charge in [0.05, 0.1) is 5.69 Å². The molecule has 0 spiro atoms. The maximum atomic E-state index is 10.1. The maximum absolute atomic E-state index is 10.1. The number of anilines is 1. The molecule has 4 nitrogen and oxygen atoms in total. The van der Waals surface area contributed by atoms with Gasteiger partial charge in [-0.15, -0.1) is 4.91 Å². The second kappa shape index (κ2) is 4.94. The molecule has 0 unspecified atom stereocenters. The molecule has 0 aliphatic rings. The van der Waals surface area contributed by atoms with Crippen LogP contribution in [-0.4, -0.2) is 11.9 Å². The zero-order chi connectivity index (χ0) is 9.68. The Morgan fingerprint density at radius 2 is 2.00 bits per heavy atom. The van der Waals surface area contributed by atoms with Crippen molar-refractivity contribution in [2.45, 2.75) is 0 Å². The van der Waals surface area contributed by atoms with Crippen LogP contribution >= 0.6 is 15.9 Å². The summed E-state index contributed by atoms with van der Waals surface area (Å²) >= 11 is 3.29. The van der Waals surface area contributed by atoms with Crippen molar-refractivity contribution in [1.82, 2.24) is 0 Å². The monoisotopic (exact) mass is 243 g/mol. The van der Waals surface area contributed by atoms with Crippen LogP contribution < -0.4 is 10.9 Å². The smallest absolute Gasteiger partial charge is 0.108 e. The number of nitrogens with zero attached hydrogens (tertiary/aromatic N) is 2. The Hall–Kier alpha value is -0.940. The Morgan fingerprint density at radius 3 is 2.46 bits per heavy atom. The SMILES string of the molecule is NN(CCBr)c1ccc(N=O)cc1. The first-order chi connectivity index (χ1) is 6.27. The lowest BCUT2D eigenvalue weighted by atomic mass is 10.3. The number of nitrogens with two attached hydrogens (primary N) is 1. The minimum absolute atomic E-state index is 0.413. The largest absolute Gasteiger partial charge is 0.310 e. The van der Waals surface area contributed by atoms with Gasteiger partial charge in [0.1, 0.15) is 5.69 Å². The minimum Gasteiger partial charge on any atom is -0.310 e. The van der Waals surface area contributed by atoms with Crippen molar-refractivity contribution in [3.63, 3.8) is 0 Å². The fourth-order valence-electron chi connectivity index (χ4n) is 0.925. The van der Waals surface area contributed by atoms with Crippen molar-refractivity contribution in [2.24, 2.45) is 11.0 Å². The lowest BCUT2D eigenvalue weighted by molar-refractivity contribution is 0.903. The molecule has 0 bridgehead atoms. The van der Waals surface area contributed by atoms with E-state index < -0.39 is 0 Å². The van der Waals surface area contributed by atoms with Crippen molar-refractivity contribution in [2.75, 3.05) is 16.9 Å². The van der Waals surface area contributed by atoms with E-state index >= 15 is 0 Å². The Bertz CT molecular complexity index is 275. The van der Waals surface area contributed by atoms with Crippen LogP contribution in [0.25, 0.3) is 0 Å². The fourth-order valence-corrected chi connectivity index (χ4v) is 1.31. The fraction of sp³-hybridized carbons (Fsp3) is 0.250. The first-order valence-corrected chi connectivity index (χ1v) is 4.91. The second-order valence-electron chi connectivity index (χ2n) is 2.49. The minimum atomic E-state index is 0.413. The molecule has 0 radical (unpaired) electrons. The van der Waals surface area contributed by atoms with E-state index in [1.54, 1.807) is 29.3 Å². The Labute approximate surface area is 84.8 Å². The molecule has 1 rings (SSSR count). The highest BCUT2D eigenvalue weighted by atomic mass is 79.9. The zero-order valence-electron chi connectivity index (χ0n) is 6.98. The Morgan fingerprint density at radius 1 is 1.38 bits per heavy atom. The third-order valence-electron chi connectivity index (χ3n) is 1.61. The second-order valence-corrected chi connectivity index (χ2v) is 3.28. The predicted octanol–water partition coefficient (Wildman–Crippen LogP) is 2.16. The van der Waals surface area contributed by atoms with Crippen molar-refractivity contribution in [3.05, 3.63) is 29.2 Å². The number of benzene rings is 1. The van der Waals surface area contributed by atoms with Crippen molar-refractivity contribution in [1.29, 1.82) is 0 Å². The van der Waals surface area contributed by atoms with E-state index in [0.29, 0.717) is 12.2 Å². The van der Waals surface area contributed by atoms with Gasteiger partial charge < -0.3 is 5.01 Å². The topological polar surface area (TPSA) is 58.7 Å². The lowest BCUT2D eigenvalue weighted by Gasteiger charge is -2.16. The summed E-state index contributed by atoms with van der Waals surface area (Å²) in [5, 5.41) is 5.20. The molecular weight excluding hydrogens is 234 g/mol. The van der Waals surface area contributed by atoms with Gasteiger partial charge in [-0.2, -0.15) is 0 Å². The van der Waals surface area contributed by atoms with Gasteiger partial charge in [0.2, 0.25) is 0 Å². The van der Waals surface area contributed by atoms with Crippen LogP contribution in [-0.2, 0) is 0 Å². The Kier molecular flexibility index (Phi) is 3.85. The van der Waals surface area contributed by atoms with E-state index in [1.165, 1.54) is 0 Å².